The Balaban J connectivity index is 1.67. The van der Waals surface area contributed by atoms with Crippen LogP contribution in [0.15, 0.2) is 52.1 Å². The van der Waals surface area contributed by atoms with Crippen LogP contribution in [0.2, 0.25) is 10.0 Å². The number of anilines is 1. The Labute approximate surface area is 173 Å². The van der Waals surface area contributed by atoms with Crippen LogP contribution >= 0.6 is 50.9 Å². The Morgan fingerprint density at radius 1 is 1.19 bits per heavy atom. The third-order valence-electron chi connectivity index (χ3n) is 3.49. The fourth-order valence-electron chi connectivity index (χ4n) is 2.22. The number of hydrogen-bond acceptors (Lipinski definition) is 4. The highest BCUT2D eigenvalue weighted by Gasteiger charge is 2.15. The smallest absolute Gasteiger partial charge is 0.234 e. The minimum atomic E-state index is -0.179. The predicted octanol–water partition coefficient (Wildman–Crippen LogP) is 5.28. The summed E-state index contributed by atoms with van der Waals surface area (Å²) in [6.07, 6.45) is 0. The highest BCUT2D eigenvalue weighted by molar-refractivity contribution is 9.10. The lowest BCUT2D eigenvalue weighted by atomic mass is 10.2. The first-order valence-electron chi connectivity index (χ1n) is 7.47. The van der Waals surface area contributed by atoms with Crippen LogP contribution in [0.3, 0.4) is 0 Å². The molecule has 3 aromatic rings. The van der Waals surface area contributed by atoms with E-state index in [1.807, 2.05) is 35.9 Å². The Morgan fingerprint density at radius 2 is 1.96 bits per heavy atom. The zero-order valence-corrected chi connectivity index (χ0v) is 17.5. The van der Waals surface area contributed by atoms with E-state index in [2.05, 4.69) is 31.4 Å². The number of rotatable bonds is 5. The van der Waals surface area contributed by atoms with Crippen molar-refractivity contribution in [1.29, 1.82) is 0 Å². The van der Waals surface area contributed by atoms with E-state index in [1.54, 1.807) is 18.2 Å². The average molecular weight is 472 g/mol. The highest BCUT2D eigenvalue weighted by atomic mass is 79.9. The van der Waals surface area contributed by atoms with Gasteiger partial charge >= 0.3 is 0 Å². The summed E-state index contributed by atoms with van der Waals surface area (Å²) in [4.78, 5) is 12.2. The van der Waals surface area contributed by atoms with Crippen LogP contribution in [0.1, 0.15) is 0 Å². The summed E-state index contributed by atoms with van der Waals surface area (Å²) in [7, 11) is 1.84. The van der Waals surface area contributed by atoms with Gasteiger partial charge in [-0.15, -0.1) is 10.2 Å². The normalized spacial score (nSPS) is 10.8. The molecule has 1 heterocycles. The van der Waals surface area contributed by atoms with Gasteiger partial charge in [-0.3, -0.25) is 4.79 Å². The monoisotopic (exact) mass is 470 g/mol. The molecule has 0 atom stereocenters. The summed E-state index contributed by atoms with van der Waals surface area (Å²) in [5, 5.41) is 12.8. The van der Waals surface area contributed by atoms with Crippen molar-refractivity contribution in [2.24, 2.45) is 7.05 Å². The SMILES string of the molecule is Cn1c(SCC(=O)Nc2ccc(Br)cc2Cl)nnc1-c1ccccc1Cl. The first-order chi connectivity index (χ1) is 12.5. The summed E-state index contributed by atoms with van der Waals surface area (Å²) < 4.78 is 2.66. The van der Waals surface area contributed by atoms with E-state index in [-0.39, 0.29) is 11.7 Å². The third kappa shape index (κ3) is 4.40. The van der Waals surface area contributed by atoms with Gasteiger partial charge in [0.05, 0.1) is 21.5 Å². The van der Waals surface area contributed by atoms with E-state index < -0.39 is 0 Å². The van der Waals surface area contributed by atoms with Gasteiger partial charge in [-0.25, -0.2) is 0 Å². The van der Waals surface area contributed by atoms with E-state index in [0.717, 1.165) is 10.0 Å². The lowest BCUT2D eigenvalue weighted by Gasteiger charge is -2.08. The van der Waals surface area contributed by atoms with Gasteiger partial charge in [-0.2, -0.15) is 0 Å². The molecule has 0 aliphatic heterocycles. The maximum Gasteiger partial charge on any atom is 0.234 e. The second-order valence-corrected chi connectivity index (χ2v) is 7.98. The fraction of sp³-hybridized carbons (Fsp3) is 0.118. The van der Waals surface area contributed by atoms with Crippen LogP contribution in [0.5, 0.6) is 0 Å². The Morgan fingerprint density at radius 3 is 2.69 bits per heavy atom. The number of aromatic nitrogens is 3. The van der Waals surface area contributed by atoms with Crippen molar-refractivity contribution in [2.75, 3.05) is 11.1 Å². The van der Waals surface area contributed by atoms with Gasteiger partial charge in [-0.05, 0) is 30.3 Å². The van der Waals surface area contributed by atoms with Crippen LogP contribution in [0, 0.1) is 0 Å². The van der Waals surface area contributed by atoms with E-state index >= 15 is 0 Å². The molecule has 0 fully saturated rings. The topological polar surface area (TPSA) is 59.8 Å². The zero-order valence-electron chi connectivity index (χ0n) is 13.5. The molecule has 0 saturated heterocycles. The molecule has 1 N–H and O–H groups in total. The molecule has 5 nitrogen and oxygen atoms in total. The molecule has 0 radical (unpaired) electrons. The number of carbonyl (C=O) groups excluding carboxylic acids is 1. The van der Waals surface area contributed by atoms with Gasteiger partial charge in [0.1, 0.15) is 0 Å². The van der Waals surface area contributed by atoms with Gasteiger partial charge < -0.3 is 9.88 Å². The van der Waals surface area contributed by atoms with Crippen molar-refractivity contribution in [1.82, 2.24) is 14.8 Å². The summed E-state index contributed by atoms with van der Waals surface area (Å²) in [6.45, 7) is 0. The molecule has 0 aliphatic carbocycles. The highest BCUT2D eigenvalue weighted by Crippen LogP contribution is 2.29. The molecule has 1 aromatic heterocycles. The van der Waals surface area contributed by atoms with Gasteiger partial charge in [0.2, 0.25) is 5.91 Å². The number of carbonyl (C=O) groups is 1. The molecule has 0 saturated carbocycles. The number of nitrogens with zero attached hydrogens (tertiary/aromatic N) is 3. The molecule has 1 amide bonds. The van der Waals surface area contributed by atoms with Gasteiger partial charge in [0.25, 0.3) is 0 Å². The number of nitrogens with one attached hydrogen (secondary N) is 1. The molecule has 134 valence electrons. The number of thioether (sulfide) groups is 1. The minimum Gasteiger partial charge on any atom is -0.324 e. The standard InChI is InChI=1S/C17H13BrCl2N4OS/c1-24-16(11-4-2-3-5-12(11)19)22-23-17(24)26-9-15(25)21-14-7-6-10(18)8-13(14)20/h2-8H,9H2,1H3,(H,21,25). The van der Waals surface area contributed by atoms with Crippen LogP contribution < -0.4 is 5.32 Å². The molecule has 0 aliphatic rings. The molecule has 0 unspecified atom stereocenters. The molecule has 0 bridgehead atoms. The zero-order chi connectivity index (χ0) is 18.7. The third-order valence-corrected chi connectivity index (χ3v) is 5.64. The molecule has 2 aromatic carbocycles. The number of halogens is 3. The van der Waals surface area contributed by atoms with Crippen molar-refractivity contribution in [2.45, 2.75) is 5.16 Å². The van der Waals surface area contributed by atoms with Crippen molar-refractivity contribution in [3.05, 3.63) is 57.0 Å². The number of amides is 1. The Kier molecular flexibility index (Phi) is 6.24. The van der Waals surface area contributed by atoms with Crippen molar-refractivity contribution in [3.8, 4) is 11.4 Å². The first kappa shape index (κ1) is 19.2. The maximum absolute atomic E-state index is 12.2. The van der Waals surface area contributed by atoms with Crippen LogP contribution in [-0.4, -0.2) is 26.4 Å². The van der Waals surface area contributed by atoms with Gasteiger partial charge in [-0.1, -0.05) is 63.0 Å². The molecule has 26 heavy (non-hydrogen) atoms. The fourth-order valence-corrected chi connectivity index (χ4v) is 3.88. The van der Waals surface area contributed by atoms with Crippen molar-refractivity contribution in [3.63, 3.8) is 0 Å². The Bertz CT molecular complexity index is 964. The minimum absolute atomic E-state index is 0.179. The second-order valence-electron chi connectivity index (χ2n) is 5.31. The second kappa shape index (κ2) is 8.43. The van der Waals surface area contributed by atoms with Gasteiger partial charge in [0, 0.05) is 17.1 Å². The van der Waals surface area contributed by atoms with E-state index in [0.29, 0.717) is 26.7 Å². The lowest BCUT2D eigenvalue weighted by Crippen LogP contribution is -2.14. The Hall–Kier alpha value is -1.54. The van der Waals surface area contributed by atoms with Crippen LogP contribution in [0.25, 0.3) is 11.4 Å². The number of hydrogen-bond donors (Lipinski definition) is 1. The molecular formula is C17H13BrCl2N4OS. The summed E-state index contributed by atoms with van der Waals surface area (Å²) in [5.41, 5.74) is 1.36. The predicted molar refractivity (Wildman–Crippen MR) is 110 cm³/mol. The first-order valence-corrected chi connectivity index (χ1v) is 10.0. The van der Waals surface area contributed by atoms with Crippen LogP contribution in [0.4, 0.5) is 5.69 Å². The summed E-state index contributed by atoms with van der Waals surface area (Å²) >= 11 is 16.9. The van der Waals surface area contributed by atoms with E-state index in [1.165, 1.54) is 11.8 Å². The lowest BCUT2D eigenvalue weighted by molar-refractivity contribution is -0.113. The number of benzene rings is 2. The molecular weight excluding hydrogens is 459 g/mol. The van der Waals surface area contributed by atoms with Crippen molar-refractivity contribution >= 4 is 62.5 Å². The molecule has 9 heteroatoms. The van der Waals surface area contributed by atoms with E-state index in [9.17, 15) is 4.79 Å². The van der Waals surface area contributed by atoms with E-state index in [4.69, 9.17) is 23.2 Å². The summed E-state index contributed by atoms with van der Waals surface area (Å²) in [5.74, 6) is 0.650. The average Bonchev–Trinajstić information content (AvgIpc) is 2.97. The quantitative estimate of drug-likeness (QED) is 0.514. The van der Waals surface area contributed by atoms with Crippen LogP contribution in [-0.2, 0) is 11.8 Å². The van der Waals surface area contributed by atoms with Gasteiger partial charge in [0.15, 0.2) is 11.0 Å². The molecule has 3 rings (SSSR count). The molecule has 0 spiro atoms. The van der Waals surface area contributed by atoms with Crippen molar-refractivity contribution < 1.29 is 4.79 Å². The summed E-state index contributed by atoms with van der Waals surface area (Å²) in [6, 6.07) is 12.7. The largest absolute Gasteiger partial charge is 0.324 e. The maximum atomic E-state index is 12.2.